The van der Waals surface area contributed by atoms with Crippen LogP contribution < -0.4 is 18.9 Å². The summed E-state index contributed by atoms with van der Waals surface area (Å²) in [6.07, 6.45) is 1.06. The minimum atomic E-state index is -0.187. The zero-order valence-corrected chi connectivity index (χ0v) is 5.39. The standard InChI is InChI=1S/C5H7O2.Li/c1-4(6)3-5(2)7;/h3H,1-2H3;/q-1;+1. The predicted octanol–water partition coefficient (Wildman–Crippen LogP) is -2.63. The predicted molar refractivity (Wildman–Crippen MR) is 25.7 cm³/mol. The minimum Gasteiger partial charge on any atom is -0.334 e. The molecule has 0 aliphatic rings. The third-order valence-electron chi connectivity index (χ3n) is 0.407. The molecule has 3 heteroatoms. The topological polar surface area (TPSA) is 34.1 Å². The zero-order chi connectivity index (χ0) is 5.86. The van der Waals surface area contributed by atoms with Crippen molar-refractivity contribution in [1.29, 1.82) is 0 Å². The number of rotatable bonds is 2. The first-order chi connectivity index (χ1) is 3.13. The van der Waals surface area contributed by atoms with Crippen LogP contribution in [0.1, 0.15) is 13.8 Å². The molecule has 0 bridgehead atoms. The molecule has 0 heterocycles. The maximum Gasteiger partial charge on any atom is 1.00 e. The van der Waals surface area contributed by atoms with E-state index in [0.29, 0.717) is 0 Å². The van der Waals surface area contributed by atoms with Gasteiger partial charge in [0.15, 0.2) is 0 Å². The van der Waals surface area contributed by atoms with Crippen LogP contribution in [0.15, 0.2) is 0 Å². The number of hydrogen-bond acceptors (Lipinski definition) is 2. The van der Waals surface area contributed by atoms with Crippen molar-refractivity contribution in [3.63, 3.8) is 0 Å². The van der Waals surface area contributed by atoms with E-state index in [-0.39, 0.29) is 30.4 Å². The van der Waals surface area contributed by atoms with E-state index in [1.165, 1.54) is 13.8 Å². The Morgan fingerprint density at radius 1 is 1.12 bits per heavy atom. The first-order valence-corrected chi connectivity index (χ1v) is 1.99. The second-order valence-electron chi connectivity index (χ2n) is 1.37. The Morgan fingerprint density at radius 2 is 1.38 bits per heavy atom. The van der Waals surface area contributed by atoms with Gasteiger partial charge in [-0.15, -0.1) is 0 Å². The van der Waals surface area contributed by atoms with E-state index in [2.05, 4.69) is 0 Å². The maximum atomic E-state index is 9.98. The molecule has 0 saturated heterocycles. The van der Waals surface area contributed by atoms with Crippen LogP contribution in [0.3, 0.4) is 0 Å². The molecule has 0 aromatic rings. The molecule has 0 aliphatic carbocycles. The fraction of sp³-hybridized carbons (Fsp3) is 0.400. The van der Waals surface area contributed by atoms with Gasteiger partial charge in [-0.05, 0) is 13.8 Å². The molecule has 0 aromatic heterocycles. The molecule has 0 aromatic carbocycles. The second-order valence-corrected chi connectivity index (χ2v) is 1.37. The number of hydrogen-bond donors (Lipinski definition) is 0. The van der Waals surface area contributed by atoms with Crippen LogP contribution >= 0.6 is 0 Å². The zero-order valence-electron chi connectivity index (χ0n) is 5.39. The van der Waals surface area contributed by atoms with Gasteiger partial charge in [0.2, 0.25) is 0 Å². The fourth-order valence-electron chi connectivity index (χ4n) is 0.286. The molecule has 0 fully saturated rings. The largest absolute Gasteiger partial charge is 1.00 e. The van der Waals surface area contributed by atoms with Crippen molar-refractivity contribution < 1.29 is 28.4 Å². The summed E-state index contributed by atoms with van der Waals surface area (Å²) in [5.74, 6) is -0.375. The van der Waals surface area contributed by atoms with E-state index in [9.17, 15) is 9.59 Å². The Labute approximate surface area is 60.8 Å². The van der Waals surface area contributed by atoms with Crippen LogP contribution in [0.4, 0.5) is 0 Å². The second kappa shape index (κ2) is 4.95. The van der Waals surface area contributed by atoms with Crippen molar-refractivity contribution in [2.24, 2.45) is 0 Å². The molecule has 0 spiro atoms. The van der Waals surface area contributed by atoms with Crippen molar-refractivity contribution in [3.8, 4) is 0 Å². The summed E-state index contributed by atoms with van der Waals surface area (Å²) in [5.41, 5.74) is 0. The Hall–Kier alpha value is -0.193. The molecule has 0 rings (SSSR count). The van der Waals surface area contributed by atoms with Gasteiger partial charge >= 0.3 is 18.9 Å². The first-order valence-electron chi connectivity index (χ1n) is 1.99. The van der Waals surface area contributed by atoms with Gasteiger partial charge in [0.05, 0.1) is 0 Å². The molecule has 40 valence electrons. The van der Waals surface area contributed by atoms with E-state index < -0.39 is 0 Å². The van der Waals surface area contributed by atoms with Gasteiger partial charge in [-0.2, -0.15) is 0 Å². The van der Waals surface area contributed by atoms with E-state index in [4.69, 9.17) is 0 Å². The molecule has 0 atom stereocenters. The first kappa shape index (κ1) is 10.7. The number of carbonyl (C=O) groups is 2. The van der Waals surface area contributed by atoms with Crippen LogP contribution in [-0.2, 0) is 9.59 Å². The number of Topliss-reactive ketones (excluding diaryl/α,β-unsaturated/α-hetero) is 2. The number of carbonyl (C=O) groups excluding carboxylic acids is 2. The van der Waals surface area contributed by atoms with Crippen molar-refractivity contribution >= 4 is 11.6 Å². The normalized spacial score (nSPS) is 6.75. The van der Waals surface area contributed by atoms with E-state index >= 15 is 0 Å². The van der Waals surface area contributed by atoms with E-state index in [1.807, 2.05) is 0 Å². The fourth-order valence-corrected chi connectivity index (χ4v) is 0.286. The summed E-state index contributed by atoms with van der Waals surface area (Å²) >= 11 is 0. The quantitative estimate of drug-likeness (QED) is 0.219. The van der Waals surface area contributed by atoms with Gasteiger partial charge in [-0.25, -0.2) is 0 Å². The summed E-state index contributed by atoms with van der Waals surface area (Å²) in [7, 11) is 0. The molecule has 0 amide bonds. The molecule has 0 unspecified atom stereocenters. The van der Waals surface area contributed by atoms with Gasteiger partial charge in [-0.3, -0.25) is 6.42 Å². The molecular weight excluding hydrogens is 99.0 g/mol. The molecule has 0 N–H and O–H groups in total. The van der Waals surface area contributed by atoms with Crippen LogP contribution in [0.5, 0.6) is 0 Å². The van der Waals surface area contributed by atoms with Gasteiger partial charge in [0.1, 0.15) is 0 Å². The third kappa shape index (κ3) is 9.26. The summed E-state index contributed by atoms with van der Waals surface area (Å²) < 4.78 is 0. The Balaban J connectivity index is 0. The SMILES string of the molecule is CC(=O)[CH-]C(C)=O.[Li+]. The van der Waals surface area contributed by atoms with Gasteiger partial charge in [0.25, 0.3) is 0 Å². The average molecular weight is 106 g/mol. The average Bonchev–Trinajstić information content (AvgIpc) is 1.27. The number of ketones is 2. The molecular formula is C5H7LiO2. The van der Waals surface area contributed by atoms with Crippen LogP contribution in [0, 0.1) is 6.42 Å². The molecule has 0 saturated carbocycles. The molecule has 8 heavy (non-hydrogen) atoms. The van der Waals surface area contributed by atoms with Crippen molar-refractivity contribution in [3.05, 3.63) is 6.42 Å². The minimum absolute atomic E-state index is 0. The van der Waals surface area contributed by atoms with E-state index in [1.54, 1.807) is 0 Å². The monoisotopic (exact) mass is 106 g/mol. The maximum absolute atomic E-state index is 9.98. The van der Waals surface area contributed by atoms with Gasteiger partial charge < -0.3 is 9.59 Å². The Kier molecular flexibility index (Phi) is 6.64. The summed E-state index contributed by atoms with van der Waals surface area (Å²) in [4.78, 5) is 20.0. The molecule has 0 aliphatic heterocycles. The van der Waals surface area contributed by atoms with Crippen LogP contribution in [0.2, 0.25) is 0 Å². The van der Waals surface area contributed by atoms with Crippen LogP contribution in [-0.4, -0.2) is 11.6 Å². The summed E-state index contributed by atoms with van der Waals surface area (Å²) in [5, 5.41) is 0. The summed E-state index contributed by atoms with van der Waals surface area (Å²) in [6, 6.07) is 0. The van der Waals surface area contributed by atoms with E-state index in [0.717, 1.165) is 6.42 Å². The Morgan fingerprint density at radius 3 is 1.38 bits per heavy atom. The van der Waals surface area contributed by atoms with Crippen LogP contribution in [0.25, 0.3) is 0 Å². The van der Waals surface area contributed by atoms with Gasteiger partial charge in [0, 0.05) is 11.6 Å². The smallest absolute Gasteiger partial charge is 0.334 e. The van der Waals surface area contributed by atoms with Crippen molar-refractivity contribution in [2.45, 2.75) is 13.8 Å². The van der Waals surface area contributed by atoms with Crippen molar-refractivity contribution in [2.75, 3.05) is 0 Å². The third-order valence-corrected chi connectivity index (χ3v) is 0.407. The molecule has 2 nitrogen and oxygen atoms in total. The van der Waals surface area contributed by atoms with Gasteiger partial charge in [-0.1, -0.05) is 0 Å². The van der Waals surface area contributed by atoms with Crippen molar-refractivity contribution in [1.82, 2.24) is 0 Å². The Bertz CT molecular complexity index is 86.6. The molecule has 0 radical (unpaired) electrons. The summed E-state index contributed by atoms with van der Waals surface area (Å²) in [6.45, 7) is 2.70.